The molecular formula is C15H19NO2. The van der Waals surface area contributed by atoms with Gasteiger partial charge in [0.05, 0.1) is 6.04 Å². The fourth-order valence-corrected chi connectivity index (χ4v) is 2.94. The van der Waals surface area contributed by atoms with Gasteiger partial charge < -0.3 is 9.64 Å². The number of ether oxygens (including phenoxy) is 1. The average molecular weight is 245 g/mol. The quantitative estimate of drug-likeness (QED) is 0.761. The molecule has 18 heavy (non-hydrogen) atoms. The highest BCUT2D eigenvalue weighted by molar-refractivity contribution is 5.70. The van der Waals surface area contributed by atoms with E-state index in [0.717, 1.165) is 12.0 Å². The van der Waals surface area contributed by atoms with E-state index in [-0.39, 0.29) is 18.2 Å². The van der Waals surface area contributed by atoms with Crippen LogP contribution >= 0.6 is 0 Å². The second-order valence-electron chi connectivity index (χ2n) is 5.39. The van der Waals surface area contributed by atoms with Crippen LogP contribution < -0.4 is 0 Å². The van der Waals surface area contributed by atoms with E-state index < -0.39 is 0 Å². The molecule has 0 saturated carbocycles. The number of fused-ring (bicyclic) bond motifs is 1. The number of carbonyl (C=O) groups excluding carboxylic acids is 1. The molecule has 0 bridgehead atoms. The van der Waals surface area contributed by atoms with Crippen molar-refractivity contribution in [2.75, 3.05) is 7.05 Å². The summed E-state index contributed by atoms with van der Waals surface area (Å²) in [6.07, 6.45) is 4.59. The van der Waals surface area contributed by atoms with Crippen molar-refractivity contribution < 1.29 is 9.53 Å². The highest BCUT2D eigenvalue weighted by Crippen LogP contribution is 2.33. The first kappa shape index (κ1) is 11.6. The van der Waals surface area contributed by atoms with Gasteiger partial charge in [0.15, 0.2) is 0 Å². The molecule has 2 atom stereocenters. The van der Waals surface area contributed by atoms with Crippen LogP contribution in [0.15, 0.2) is 18.2 Å². The van der Waals surface area contributed by atoms with Gasteiger partial charge in [-0.3, -0.25) is 0 Å². The van der Waals surface area contributed by atoms with Crippen LogP contribution in [0.25, 0.3) is 0 Å². The Kier molecular flexibility index (Phi) is 2.77. The molecule has 1 saturated heterocycles. The van der Waals surface area contributed by atoms with Crippen molar-refractivity contribution in [3.8, 4) is 0 Å². The monoisotopic (exact) mass is 245 g/mol. The van der Waals surface area contributed by atoms with Crippen molar-refractivity contribution in [2.45, 2.75) is 44.8 Å². The van der Waals surface area contributed by atoms with Crippen molar-refractivity contribution in [3.05, 3.63) is 34.9 Å². The van der Waals surface area contributed by atoms with Crippen molar-refractivity contribution in [2.24, 2.45) is 0 Å². The maximum atomic E-state index is 11.6. The molecule has 96 valence electrons. The molecule has 0 aromatic heterocycles. The van der Waals surface area contributed by atoms with Gasteiger partial charge in [-0.1, -0.05) is 18.2 Å². The molecule has 2 aliphatic rings. The molecule has 1 aromatic rings. The number of hydrogen-bond acceptors (Lipinski definition) is 2. The molecule has 1 fully saturated rings. The Hall–Kier alpha value is -1.51. The van der Waals surface area contributed by atoms with Gasteiger partial charge in [-0.25, -0.2) is 4.79 Å². The molecule has 3 nitrogen and oxygen atoms in total. The fourth-order valence-electron chi connectivity index (χ4n) is 2.94. The van der Waals surface area contributed by atoms with Crippen LogP contribution in [0.3, 0.4) is 0 Å². The first-order valence-electron chi connectivity index (χ1n) is 6.72. The first-order chi connectivity index (χ1) is 8.66. The number of cyclic esters (lactones) is 1. The Morgan fingerprint density at radius 1 is 1.22 bits per heavy atom. The van der Waals surface area contributed by atoms with Crippen LogP contribution in [-0.4, -0.2) is 24.1 Å². The maximum absolute atomic E-state index is 11.6. The van der Waals surface area contributed by atoms with Gasteiger partial charge in [-0.05, 0) is 49.3 Å². The Bertz CT molecular complexity index is 483. The van der Waals surface area contributed by atoms with Crippen molar-refractivity contribution >= 4 is 6.09 Å². The lowest BCUT2D eigenvalue weighted by atomic mass is 9.89. The molecule has 3 heteroatoms. The molecule has 0 spiro atoms. The van der Waals surface area contributed by atoms with Gasteiger partial charge in [-0.2, -0.15) is 0 Å². The van der Waals surface area contributed by atoms with E-state index in [2.05, 4.69) is 18.2 Å². The number of rotatable bonds is 1. The van der Waals surface area contributed by atoms with Gasteiger partial charge in [0.25, 0.3) is 0 Å². The highest BCUT2D eigenvalue weighted by Gasteiger charge is 2.37. The summed E-state index contributed by atoms with van der Waals surface area (Å²) in [6.45, 7) is 2.04. The Morgan fingerprint density at radius 3 is 2.61 bits per heavy atom. The van der Waals surface area contributed by atoms with Crippen molar-refractivity contribution in [1.29, 1.82) is 0 Å². The van der Waals surface area contributed by atoms with Gasteiger partial charge in [0.2, 0.25) is 0 Å². The highest BCUT2D eigenvalue weighted by atomic mass is 16.6. The number of carbonyl (C=O) groups is 1. The van der Waals surface area contributed by atoms with Crippen LogP contribution in [0.1, 0.15) is 42.6 Å². The largest absolute Gasteiger partial charge is 0.439 e. The summed E-state index contributed by atoms with van der Waals surface area (Å²) in [5, 5.41) is 0. The van der Waals surface area contributed by atoms with Crippen LogP contribution in [0.4, 0.5) is 4.79 Å². The van der Waals surface area contributed by atoms with Gasteiger partial charge in [0, 0.05) is 7.05 Å². The number of nitrogens with zero attached hydrogens (tertiary/aromatic N) is 1. The lowest BCUT2D eigenvalue weighted by Crippen LogP contribution is -2.27. The minimum atomic E-state index is -0.217. The predicted molar refractivity (Wildman–Crippen MR) is 69.5 cm³/mol. The lowest BCUT2D eigenvalue weighted by molar-refractivity contribution is 0.131. The van der Waals surface area contributed by atoms with Gasteiger partial charge in [0.1, 0.15) is 6.10 Å². The van der Waals surface area contributed by atoms with Crippen LogP contribution in [0.2, 0.25) is 0 Å². The normalized spacial score (nSPS) is 27.0. The molecule has 0 N–H and O–H groups in total. The number of likely N-dealkylation sites (N-methyl/N-ethyl adjacent to an activating group) is 1. The van der Waals surface area contributed by atoms with E-state index in [4.69, 9.17) is 4.74 Å². The lowest BCUT2D eigenvalue weighted by Gasteiger charge is -2.20. The summed E-state index contributed by atoms with van der Waals surface area (Å²) in [5.74, 6) is 0. The van der Waals surface area contributed by atoms with Gasteiger partial charge >= 0.3 is 6.09 Å². The van der Waals surface area contributed by atoms with E-state index in [0.29, 0.717) is 0 Å². The number of benzene rings is 1. The molecule has 1 aliphatic heterocycles. The van der Waals surface area contributed by atoms with Crippen molar-refractivity contribution in [1.82, 2.24) is 4.90 Å². The van der Waals surface area contributed by atoms with E-state index in [9.17, 15) is 4.79 Å². The number of aryl methyl sites for hydroxylation is 2. The summed E-state index contributed by atoms with van der Waals surface area (Å²) < 4.78 is 5.45. The molecular weight excluding hydrogens is 226 g/mol. The molecule has 1 amide bonds. The zero-order valence-corrected chi connectivity index (χ0v) is 11.0. The second kappa shape index (κ2) is 4.30. The number of amides is 1. The van der Waals surface area contributed by atoms with Crippen LogP contribution in [-0.2, 0) is 17.6 Å². The fraction of sp³-hybridized carbons (Fsp3) is 0.533. The Balaban J connectivity index is 1.91. The summed E-state index contributed by atoms with van der Waals surface area (Å²) in [7, 11) is 1.80. The number of hydrogen-bond donors (Lipinski definition) is 0. The molecule has 1 heterocycles. The third-order valence-corrected chi connectivity index (χ3v) is 4.27. The van der Waals surface area contributed by atoms with E-state index in [1.54, 1.807) is 11.9 Å². The smallest absolute Gasteiger partial charge is 0.410 e. The predicted octanol–water partition coefficient (Wildman–Crippen LogP) is 3.08. The first-order valence-corrected chi connectivity index (χ1v) is 6.72. The maximum Gasteiger partial charge on any atom is 0.410 e. The summed E-state index contributed by atoms with van der Waals surface area (Å²) in [5.41, 5.74) is 4.05. The standard InChI is InChI=1S/C15H19NO2/c1-10-14(18-15(17)16(10)2)13-8-7-11-5-3-4-6-12(11)9-13/h7-10,14H,3-6H2,1-2H3. The van der Waals surface area contributed by atoms with Crippen molar-refractivity contribution in [3.63, 3.8) is 0 Å². The topological polar surface area (TPSA) is 29.5 Å². The molecule has 0 radical (unpaired) electrons. The minimum Gasteiger partial charge on any atom is -0.439 e. The van der Waals surface area contributed by atoms with Crippen LogP contribution in [0.5, 0.6) is 0 Å². The third-order valence-electron chi connectivity index (χ3n) is 4.27. The summed E-state index contributed by atoms with van der Waals surface area (Å²) >= 11 is 0. The minimum absolute atomic E-state index is 0.110. The van der Waals surface area contributed by atoms with Gasteiger partial charge in [-0.15, -0.1) is 0 Å². The Morgan fingerprint density at radius 2 is 1.94 bits per heavy atom. The molecule has 1 aromatic carbocycles. The molecule has 2 unspecified atom stereocenters. The molecule has 1 aliphatic carbocycles. The summed E-state index contributed by atoms with van der Waals surface area (Å²) in [6, 6.07) is 6.68. The molecule has 3 rings (SSSR count). The van der Waals surface area contributed by atoms with E-state index >= 15 is 0 Å². The zero-order chi connectivity index (χ0) is 12.7. The summed E-state index contributed by atoms with van der Waals surface area (Å²) in [4.78, 5) is 13.2. The Labute approximate surface area is 108 Å². The van der Waals surface area contributed by atoms with E-state index in [1.807, 2.05) is 6.92 Å². The average Bonchev–Trinajstić information content (AvgIpc) is 2.66. The van der Waals surface area contributed by atoms with Crippen LogP contribution in [0, 0.1) is 0 Å². The second-order valence-corrected chi connectivity index (χ2v) is 5.39. The third kappa shape index (κ3) is 1.78. The zero-order valence-electron chi connectivity index (χ0n) is 11.0. The SMILES string of the molecule is CC1C(c2ccc3c(c2)CCCC3)OC(=O)N1C. The van der Waals surface area contributed by atoms with E-state index in [1.165, 1.54) is 30.4 Å².